The van der Waals surface area contributed by atoms with Gasteiger partial charge in [0.25, 0.3) is 0 Å². The van der Waals surface area contributed by atoms with Gasteiger partial charge in [-0.3, -0.25) is 4.79 Å². The van der Waals surface area contributed by atoms with Gasteiger partial charge in [-0.15, -0.1) is 0 Å². The normalized spacial score (nSPS) is 21.9. The Hall–Kier alpha value is -1.46. The topological polar surface area (TPSA) is 50.4 Å². The van der Waals surface area contributed by atoms with Gasteiger partial charge in [0.2, 0.25) is 5.91 Å². The van der Waals surface area contributed by atoms with Crippen molar-refractivity contribution in [2.24, 2.45) is 5.92 Å². The molecule has 1 saturated heterocycles. The number of halogens is 1. The van der Waals surface area contributed by atoms with Crippen LogP contribution in [0.2, 0.25) is 0 Å². The maximum absolute atomic E-state index is 13.2. The van der Waals surface area contributed by atoms with Crippen molar-refractivity contribution in [3.63, 3.8) is 0 Å². The lowest BCUT2D eigenvalue weighted by Gasteiger charge is -2.19. The highest BCUT2D eigenvalue weighted by Crippen LogP contribution is 2.20. The van der Waals surface area contributed by atoms with Crippen molar-refractivity contribution in [2.45, 2.75) is 26.3 Å². The van der Waals surface area contributed by atoms with Gasteiger partial charge in [-0.05, 0) is 37.6 Å². The standard InChI is InChI=1S/C15H21FN2O2/c1-3-6-17-14-9-20-8-12(14)15(19)18-13-7-11(16)5-4-10(13)2/h4-5,7,12,14,17H,3,6,8-9H2,1-2H3,(H,18,19). The second-order valence-electron chi connectivity index (χ2n) is 5.15. The number of anilines is 1. The molecule has 110 valence electrons. The van der Waals surface area contributed by atoms with Crippen molar-refractivity contribution in [3.8, 4) is 0 Å². The largest absolute Gasteiger partial charge is 0.379 e. The number of nitrogens with one attached hydrogen (secondary N) is 2. The first-order valence-corrected chi connectivity index (χ1v) is 7.00. The van der Waals surface area contributed by atoms with Crippen LogP contribution < -0.4 is 10.6 Å². The van der Waals surface area contributed by atoms with Crippen LogP contribution in [0, 0.1) is 18.7 Å². The van der Waals surface area contributed by atoms with E-state index in [2.05, 4.69) is 17.6 Å². The molecule has 0 radical (unpaired) electrons. The minimum Gasteiger partial charge on any atom is -0.379 e. The Balaban J connectivity index is 2.01. The molecular weight excluding hydrogens is 259 g/mol. The third-order valence-electron chi connectivity index (χ3n) is 3.53. The number of benzene rings is 1. The minimum absolute atomic E-state index is 0.0313. The molecule has 0 spiro atoms. The number of rotatable bonds is 5. The summed E-state index contributed by atoms with van der Waals surface area (Å²) in [5, 5.41) is 6.11. The molecule has 1 aromatic rings. The Morgan fingerprint density at radius 3 is 3.00 bits per heavy atom. The summed E-state index contributed by atoms with van der Waals surface area (Å²) in [4.78, 5) is 12.3. The second-order valence-corrected chi connectivity index (χ2v) is 5.15. The smallest absolute Gasteiger partial charge is 0.231 e. The summed E-state index contributed by atoms with van der Waals surface area (Å²) in [5.41, 5.74) is 1.37. The Morgan fingerprint density at radius 2 is 2.25 bits per heavy atom. The van der Waals surface area contributed by atoms with Crippen LogP contribution in [0.4, 0.5) is 10.1 Å². The fourth-order valence-electron chi connectivity index (χ4n) is 2.30. The predicted molar refractivity (Wildman–Crippen MR) is 76.2 cm³/mol. The average molecular weight is 280 g/mol. The van der Waals surface area contributed by atoms with Gasteiger partial charge < -0.3 is 15.4 Å². The molecule has 4 nitrogen and oxygen atoms in total. The SMILES string of the molecule is CCCNC1COCC1C(=O)Nc1cc(F)ccc1C. The van der Waals surface area contributed by atoms with Crippen LogP contribution >= 0.6 is 0 Å². The molecule has 1 fully saturated rings. The first-order valence-electron chi connectivity index (χ1n) is 7.00. The van der Waals surface area contributed by atoms with E-state index in [4.69, 9.17) is 4.74 Å². The molecule has 1 heterocycles. The molecule has 1 aromatic carbocycles. The minimum atomic E-state index is -0.353. The third-order valence-corrected chi connectivity index (χ3v) is 3.53. The molecule has 20 heavy (non-hydrogen) atoms. The Labute approximate surface area is 118 Å². The molecule has 5 heteroatoms. The van der Waals surface area contributed by atoms with E-state index in [0.717, 1.165) is 18.5 Å². The molecule has 0 aliphatic carbocycles. The van der Waals surface area contributed by atoms with Gasteiger partial charge in [0, 0.05) is 11.7 Å². The van der Waals surface area contributed by atoms with Gasteiger partial charge in [0.05, 0.1) is 19.1 Å². The van der Waals surface area contributed by atoms with E-state index in [0.29, 0.717) is 18.9 Å². The predicted octanol–water partition coefficient (Wildman–Crippen LogP) is 2.09. The van der Waals surface area contributed by atoms with E-state index in [1.807, 2.05) is 6.92 Å². The molecule has 2 unspecified atom stereocenters. The Kier molecular flexibility index (Phi) is 5.09. The highest BCUT2D eigenvalue weighted by molar-refractivity contribution is 5.94. The zero-order chi connectivity index (χ0) is 14.5. The van der Waals surface area contributed by atoms with Gasteiger partial charge in [-0.25, -0.2) is 4.39 Å². The van der Waals surface area contributed by atoms with E-state index >= 15 is 0 Å². The fraction of sp³-hybridized carbons (Fsp3) is 0.533. The van der Waals surface area contributed by atoms with Gasteiger partial charge in [-0.2, -0.15) is 0 Å². The van der Waals surface area contributed by atoms with Crippen LogP contribution in [0.5, 0.6) is 0 Å². The van der Waals surface area contributed by atoms with Gasteiger partial charge in [0.15, 0.2) is 0 Å². The quantitative estimate of drug-likeness (QED) is 0.868. The van der Waals surface area contributed by atoms with Crippen molar-refractivity contribution in [1.82, 2.24) is 5.32 Å². The average Bonchev–Trinajstić information content (AvgIpc) is 2.89. The summed E-state index contributed by atoms with van der Waals surface area (Å²) in [6.07, 6.45) is 1.01. The molecule has 0 saturated carbocycles. The summed E-state index contributed by atoms with van der Waals surface area (Å²) in [5.74, 6) is -0.705. The van der Waals surface area contributed by atoms with Crippen molar-refractivity contribution in [1.29, 1.82) is 0 Å². The second kappa shape index (κ2) is 6.81. The highest BCUT2D eigenvalue weighted by Gasteiger charge is 2.33. The summed E-state index contributed by atoms with van der Waals surface area (Å²) in [6.45, 7) is 5.72. The molecular formula is C15H21FN2O2. The zero-order valence-electron chi connectivity index (χ0n) is 11.9. The van der Waals surface area contributed by atoms with Crippen LogP contribution in [0.3, 0.4) is 0 Å². The van der Waals surface area contributed by atoms with Crippen molar-refractivity contribution in [3.05, 3.63) is 29.6 Å². The summed E-state index contributed by atoms with van der Waals surface area (Å²) in [7, 11) is 0. The van der Waals surface area contributed by atoms with Crippen molar-refractivity contribution < 1.29 is 13.9 Å². The number of hydrogen-bond donors (Lipinski definition) is 2. The maximum Gasteiger partial charge on any atom is 0.231 e. The molecule has 2 atom stereocenters. The van der Waals surface area contributed by atoms with Gasteiger partial charge >= 0.3 is 0 Å². The van der Waals surface area contributed by atoms with Crippen LogP contribution in [0.25, 0.3) is 0 Å². The summed E-state index contributed by atoms with van der Waals surface area (Å²) in [6, 6.07) is 4.42. The van der Waals surface area contributed by atoms with Crippen LogP contribution in [0.15, 0.2) is 18.2 Å². The molecule has 0 bridgehead atoms. The molecule has 1 aliphatic rings. The lowest BCUT2D eigenvalue weighted by atomic mass is 10.0. The van der Waals surface area contributed by atoms with Gasteiger partial charge in [-0.1, -0.05) is 13.0 Å². The van der Waals surface area contributed by atoms with Gasteiger partial charge in [0.1, 0.15) is 5.82 Å². The number of carbonyl (C=O) groups excluding carboxylic acids is 1. The number of amides is 1. The summed E-state index contributed by atoms with van der Waals surface area (Å²) >= 11 is 0. The van der Waals surface area contributed by atoms with E-state index in [1.165, 1.54) is 12.1 Å². The first-order chi connectivity index (χ1) is 9.61. The fourth-order valence-corrected chi connectivity index (χ4v) is 2.30. The molecule has 0 aromatic heterocycles. The maximum atomic E-state index is 13.2. The zero-order valence-corrected chi connectivity index (χ0v) is 11.9. The lowest BCUT2D eigenvalue weighted by molar-refractivity contribution is -0.120. The lowest BCUT2D eigenvalue weighted by Crippen LogP contribution is -2.41. The van der Waals surface area contributed by atoms with E-state index in [-0.39, 0.29) is 23.7 Å². The number of ether oxygens (including phenoxy) is 1. The monoisotopic (exact) mass is 280 g/mol. The van der Waals surface area contributed by atoms with E-state index < -0.39 is 0 Å². The molecule has 2 rings (SSSR count). The Morgan fingerprint density at radius 1 is 1.45 bits per heavy atom. The van der Waals surface area contributed by atoms with Crippen molar-refractivity contribution in [2.75, 3.05) is 25.1 Å². The number of hydrogen-bond acceptors (Lipinski definition) is 3. The number of carbonyl (C=O) groups is 1. The Bertz CT molecular complexity index is 479. The van der Waals surface area contributed by atoms with Crippen LogP contribution in [-0.4, -0.2) is 31.7 Å². The molecule has 1 amide bonds. The molecule has 1 aliphatic heterocycles. The summed E-state index contributed by atoms with van der Waals surface area (Å²) < 4.78 is 18.6. The van der Waals surface area contributed by atoms with E-state index in [9.17, 15) is 9.18 Å². The number of aryl methyl sites for hydroxylation is 1. The highest BCUT2D eigenvalue weighted by atomic mass is 19.1. The van der Waals surface area contributed by atoms with E-state index in [1.54, 1.807) is 6.07 Å². The molecule has 2 N–H and O–H groups in total. The van der Waals surface area contributed by atoms with Crippen molar-refractivity contribution >= 4 is 11.6 Å². The first kappa shape index (κ1) is 14.9. The van der Waals surface area contributed by atoms with Crippen LogP contribution in [-0.2, 0) is 9.53 Å². The third kappa shape index (κ3) is 3.55. The van der Waals surface area contributed by atoms with Crippen LogP contribution in [0.1, 0.15) is 18.9 Å².